The van der Waals surface area contributed by atoms with Gasteiger partial charge >= 0.3 is 0 Å². The van der Waals surface area contributed by atoms with Crippen LogP contribution in [0, 0.1) is 0 Å². The first kappa shape index (κ1) is 21.9. The molecule has 0 bridgehead atoms. The third kappa shape index (κ3) is 2.62. The van der Waals surface area contributed by atoms with Crippen molar-refractivity contribution in [3.05, 3.63) is 133 Å². The maximum Gasteiger partial charge on any atom is 0.152 e. The summed E-state index contributed by atoms with van der Waals surface area (Å²) in [5.74, 6) is 1.85. The molecule has 0 N–H and O–H groups in total. The van der Waals surface area contributed by atoms with Crippen LogP contribution in [0.5, 0.6) is 11.5 Å². The number of nitrogens with zero attached hydrogens (tertiary/aromatic N) is 2. The second kappa shape index (κ2) is 7.53. The van der Waals surface area contributed by atoms with Crippen LogP contribution in [-0.4, -0.2) is 8.97 Å². The molecule has 0 spiro atoms. The standard InChI is InChI=1S/C40H22N2O/c1-2-8-25-22-34-32(21-24(25)7-1)28-9-3-4-13-33(28)41(34)26-17-15-23(16-18-26)27-19-20-36-40-37(27)31-12-5-10-29-30-11-6-14-35(43-36)39(30)42(40)38(29)31/h1-22H. The van der Waals surface area contributed by atoms with E-state index in [0.29, 0.717) is 0 Å². The fraction of sp³-hybridized carbons (Fsp3) is 0. The summed E-state index contributed by atoms with van der Waals surface area (Å²) < 4.78 is 11.3. The Hall–Kier alpha value is -5.80. The monoisotopic (exact) mass is 546 g/mol. The first-order valence-corrected chi connectivity index (χ1v) is 14.8. The van der Waals surface area contributed by atoms with E-state index in [1.165, 1.54) is 76.3 Å². The topological polar surface area (TPSA) is 18.6 Å². The molecule has 0 unspecified atom stereocenters. The van der Waals surface area contributed by atoms with Crippen molar-refractivity contribution in [1.82, 2.24) is 8.97 Å². The molecule has 0 atom stereocenters. The smallest absolute Gasteiger partial charge is 0.152 e. The predicted molar refractivity (Wildman–Crippen MR) is 178 cm³/mol. The van der Waals surface area contributed by atoms with Gasteiger partial charge in [0.15, 0.2) is 11.5 Å². The molecule has 3 aromatic heterocycles. The number of hydrogen-bond donors (Lipinski definition) is 0. The third-order valence-electron chi connectivity index (χ3n) is 9.60. The molecule has 0 saturated heterocycles. The van der Waals surface area contributed by atoms with Gasteiger partial charge in [0.25, 0.3) is 0 Å². The van der Waals surface area contributed by atoms with Crippen molar-refractivity contribution < 1.29 is 4.74 Å². The molecule has 0 radical (unpaired) electrons. The summed E-state index contributed by atoms with van der Waals surface area (Å²) in [6.45, 7) is 0. The lowest BCUT2D eigenvalue weighted by Gasteiger charge is -2.17. The molecule has 3 heteroatoms. The van der Waals surface area contributed by atoms with Gasteiger partial charge in [-0.3, -0.25) is 0 Å². The van der Waals surface area contributed by atoms with E-state index in [9.17, 15) is 0 Å². The highest BCUT2D eigenvalue weighted by Crippen LogP contribution is 2.51. The van der Waals surface area contributed by atoms with Crippen LogP contribution in [0.15, 0.2) is 133 Å². The lowest BCUT2D eigenvalue weighted by Crippen LogP contribution is -1.97. The van der Waals surface area contributed by atoms with Crippen LogP contribution in [-0.2, 0) is 0 Å². The average Bonchev–Trinajstić information content (AvgIpc) is 3.70. The molecule has 43 heavy (non-hydrogen) atoms. The zero-order valence-corrected chi connectivity index (χ0v) is 23.0. The summed E-state index contributed by atoms with van der Waals surface area (Å²) in [4.78, 5) is 0. The van der Waals surface area contributed by atoms with Gasteiger partial charge in [0.2, 0.25) is 0 Å². The number of ether oxygens (including phenoxy) is 1. The molecule has 7 aromatic carbocycles. The minimum Gasteiger partial charge on any atom is -0.453 e. The first-order chi connectivity index (χ1) is 21.3. The van der Waals surface area contributed by atoms with E-state index < -0.39 is 0 Å². The summed E-state index contributed by atoms with van der Waals surface area (Å²) in [6, 6.07) is 48.5. The van der Waals surface area contributed by atoms with Crippen molar-refractivity contribution in [1.29, 1.82) is 0 Å². The van der Waals surface area contributed by atoms with Gasteiger partial charge in [0.1, 0.15) is 0 Å². The lowest BCUT2D eigenvalue weighted by atomic mass is 9.97. The molecular formula is C40H22N2O. The quantitative estimate of drug-likeness (QED) is 0.211. The van der Waals surface area contributed by atoms with Gasteiger partial charge in [0, 0.05) is 38.0 Å². The van der Waals surface area contributed by atoms with Crippen molar-refractivity contribution in [3.8, 4) is 28.3 Å². The van der Waals surface area contributed by atoms with Gasteiger partial charge in [-0.1, -0.05) is 84.9 Å². The summed E-state index contributed by atoms with van der Waals surface area (Å²) in [7, 11) is 0. The van der Waals surface area contributed by atoms with Crippen LogP contribution < -0.4 is 4.74 Å². The highest BCUT2D eigenvalue weighted by Gasteiger charge is 2.27. The molecule has 0 aliphatic carbocycles. The van der Waals surface area contributed by atoms with Gasteiger partial charge in [0.05, 0.1) is 27.6 Å². The molecule has 1 aliphatic rings. The van der Waals surface area contributed by atoms with Gasteiger partial charge < -0.3 is 13.7 Å². The Bertz CT molecular complexity index is 2800. The van der Waals surface area contributed by atoms with Crippen LogP contribution in [0.2, 0.25) is 0 Å². The summed E-state index contributed by atoms with van der Waals surface area (Å²) >= 11 is 0. The normalized spacial score (nSPS) is 12.8. The SMILES string of the molecule is c1ccc2cc3c(cc2c1)c1ccccc1n3-c1ccc(-c2ccc3c4c2c2cccc5c6cccc(c6n4c52)O3)cc1. The number of fused-ring (bicyclic) bond motifs is 6. The molecule has 3 nitrogen and oxygen atoms in total. The maximum atomic E-state index is 6.49. The van der Waals surface area contributed by atoms with Gasteiger partial charge in [-0.25, -0.2) is 0 Å². The second-order valence-corrected chi connectivity index (χ2v) is 11.7. The number of para-hydroxylation sites is 3. The molecular weight excluding hydrogens is 524 g/mol. The van der Waals surface area contributed by atoms with Gasteiger partial charge in [-0.05, 0) is 70.4 Å². The van der Waals surface area contributed by atoms with E-state index in [4.69, 9.17) is 4.74 Å². The number of benzene rings is 7. The highest BCUT2D eigenvalue weighted by atomic mass is 16.5. The Morgan fingerprint density at radius 1 is 0.442 bits per heavy atom. The molecule has 0 saturated carbocycles. The van der Waals surface area contributed by atoms with Crippen LogP contribution in [0.1, 0.15) is 0 Å². The third-order valence-corrected chi connectivity index (χ3v) is 9.60. The first-order valence-electron chi connectivity index (χ1n) is 14.8. The minimum absolute atomic E-state index is 0.918. The summed E-state index contributed by atoms with van der Waals surface area (Å²) in [5.41, 5.74) is 9.65. The largest absolute Gasteiger partial charge is 0.453 e. The van der Waals surface area contributed by atoms with E-state index in [2.05, 4.69) is 142 Å². The second-order valence-electron chi connectivity index (χ2n) is 11.7. The van der Waals surface area contributed by atoms with Crippen molar-refractivity contribution in [3.63, 3.8) is 0 Å². The molecule has 0 amide bonds. The van der Waals surface area contributed by atoms with Gasteiger partial charge in [-0.15, -0.1) is 0 Å². The van der Waals surface area contributed by atoms with Crippen molar-refractivity contribution >= 4 is 70.7 Å². The minimum atomic E-state index is 0.918. The average molecular weight is 547 g/mol. The predicted octanol–water partition coefficient (Wildman–Crippen LogP) is 10.9. The Balaban J connectivity index is 1.16. The lowest BCUT2D eigenvalue weighted by molar-refractivity contribution is 0.486. The Labute approximate surface area is 245 Å². The van der Waals surface area contributed by atoms with E-state index in [1.54, 1.807) is 0 Å². The van der Waals surface area contributed by atoms with Crippen LogP contribution in [0.3, 0.4) is 0 Å². The molecule has 1 aliphatic heterocycles. The number of rotatable bonds is 2. The van der Waals surface area contributed by atoms with Crippen molar-refractivity contribution in [2.75, 3.05) is 0 Å². The molecule has 198 valence electrons. The number of hydrogen-bond acceptors (Lipinski definition) is 1. The zero-order chi connectivity index (χ0) is 27.8. The Morgan fingerprint density at radius 3 is 2.02 bits per heavy atom. The summed E-state index contributed by atoms with van der Waals surface area (Å²) in [5, 5.41) is 10.1. The van der Waals surface area contributed by atoms with E-state index >= 15 is 0 Å². The number of aromatic nitrogens is 2. The van der Waals surface area contributed by atoms with Gasteiger partial charge in [-0.2, -0.15) is 0 Å². The Morgan fingerprint density at radius 2 is 1.14 bits per heavy atom. The fourth-order valence-electron chi connectivity index (χ4n) is 7.82. The molecule has 10 aromatic rings. The van der Waals surface area contributed by atoms with Crippen LogP contribution >= 0.6 is 0 Å². The fourth-order valence-corrected chi connectivity index (χ4v) is 7.82. The molecule has 0 fully saturated rings. The van der Waals surface area contributed by atoms with E-state index in [1.807, 2.05) is 0 Å². The Kier molecular flexibility index (Phi) is 3.83. The molecule has 11 rings (SSSR count). The maximum absolute atomic E-state index is 6.49. The van der Waals surface area contributed by atoms with Crippen LogP contribution in [0.25, 0.3) is 87.5 Å². The molecule has 4 heterocycles. The van der Waals surface area contributed by atoms with E-state index in [-0.39, 0.29) is 0 Å². The highest BCUT2D eigenvalue weighted by molar-refractivity contribution is 6.28. The van der Waals surface area contributed by atoms with Crippen LogP contribution in [0.4, 0.5) is 0 Å². The van der Waals surface area contributed by atoms with E-state index in [0.717, 1.165) is 22.7 Å². The summed E-state index contributed by atoms with van der Waals surface area (Å²) in [6.07, 6.45) is 0. The van der Waals surface area contributed by atoms with Crippen molar-refractivity contribution in [2.24, 2.45) is 0 Å². The van der Waals surface area contributed by atoms with Crippen molar-refractivity contribution in [2.45, 2.75) is 0 Å². The zero-order valence-electron chi connectivity index (χ0n) is 23.0.